The number of carbonyl (C=O) groups excluding carboxylic acids is 1. The Morgan fingerprint density at radius 3 is 2.23 bits per heavy atom. The molecule has 0 radical (unpaired) electrons. The van der Waals surface area contributed by atoms with Gasteiger partial charge in [-0.2, -0.15) is 4.31 Å². The van der Waals surface area contributed by atoms with Crippen LogP contribution in [-0.4, -0.2) is 60.3 Å². The van der Waals surface area contributed by atoms with Crippen molar-refractivity contribution in [2.45, 2.75) is 16.7 Å². The molecule has 1 saturated heterocycles. The lowest BCUT2D eigenvalue weighted by Crippen LogP contribution is -2.40. The summed E-state index contributed by atoms with van der Waals surface area (Å²) in [5, 5.41) is 0. The third kappa shape index (κ3) is 4.64. The molecule has 3 rings (SSSR count). The average molecular weight is 455 g/mol. The molecule has 1 N–H and O–H groups in total. The minimum absolute atomic E-state index is 0.0547. The lowest BCUT2D eigenvalue weighted by molar-refractivity contribution is 0.0729. The van der Waals surface area contributed by atoms with Gasteiger partial charge in [-0.15, -0.1) is 0 Å². The molecule has 1 fully saturated rings. The van der Waals surface area contributed by atoms with Crippen molar-refractivity contribution >= 4 is 31.5 Å². The minimum atomic E-state index is -3.99. The quantitative estimate of drug-likeness (QED) is 0.633. The second-order valence-corrected chi connectivity index (χ2v) is 10.2. The molecule has 11 heteroatoms. The summed E-state index contributed by atoms with van der Waals surface area (Å²) >= 11 is 0. The van der Waals surface area contributed by atoms with E-state index in [2.05, 4.69) is 4.72 Å². The van der Waals surface area contributed by atoms with Crippen LogP contribution in [0.4, 0.5) is 5.69 Å². The van der Waals surface area contributed by atoms with Crippen LogP contribution in [0.1, 0.15) is 17.3 Å². The average Bonchev–Trinajstić information content (AvgIpc) is 2.74. The molecule has 0 saturated carbocycles. The highest BCUT2D eigenvalue weighted by atomic mass is 32.2. The van der Waals surface area contributed by atoms with Gasteiger partial charge in [-0.1, -0.05) is 12.1 Å². The van der Waals surface area contributed by atoms with Gasteiger partial charge in [0.25, 0.3) is 10.0 Å². The molecule has 0 aliphatic carbocycles. The molecule has 9 nitrogen and oxygen atoms in total. The van der Waals surface area contributed by atoms with Crippen molar-refractivity contribution in [1.29, 1.82) is 0 Å². The molecule has 1 aliphatic heterocycles. The van der Waals surface area contributed by atoms with Crippen molar-refractivity contribution in [2.75, 3.05) is 38.1 Å². The Morgan fingerprint density at radius 2 is 1.67 bits per heavy atom. The molecule has 0 aromatic heterocycles. The number of ether oxygens (including phenoxy) is 2. The number of carbonyl (C=O) groups is 1. The number of morpholine rings is 1. The number of methoxy groups -OCH3 is 1. The fraction of sp³-hybridized carbons (Fsp3) is 0.316. The van der Waals surface area contributed by atoms with Crippen molar-refractivity contribution in [3.8, 4) is 5.75 Å². The molecule has 0 unspecified atom stereocenters. The zero-order valence-electron chi connectivity index (χ0n) is 16.5. The summed E-state index contributed by atoms with van der Waals surface area (Å²) in [7, 11) is -6.56. The third-order valence-corrected chi connectivity index (χ3v) is 7.89. The number of nitrogens with one attached hydrogen (secondary N) is 1. The van der Waals surface area contributed by atoms with Gasteiger partial charge in [0.05, 0.1) is 30.9 Å². The van der Waals surface area contributed by atoms with Crippen LogP contribution >= 0.6 is 0 Å². The number of Topliss-reactive ketones (excluding diaryl/α,β-unsaturated/α-hetero) is 1. The molecular formula is C19H22N2O7S2. The number of nitrogens with zero attached hydrogens (tertiary/aromatic N) is 1. The molecule has 1 heterocycles. The van der Waals surface area contributed by atoms with Crippen LogP contribution in [0.25, 0.3) is 0 Å². The van der Waals surface area contributed by atoms with E-state index in [4.69, 9.17) is 9.47 Å². The number of anilines is 1. The molecule has 0 atom stereocenters. The minimum Gasteiger partial charge on any atom is -0.495 e. The molecule has 30 heavy (non-hydrogen) atoms. The summed E-state index contributed by atoms with van der Waals surface area (Å²) in [5.74, 6) is -0.0738. The smallest absolute Gasteiger partial charge is 0.261 e. The topological polar surface area (TPSA) is 119 Å². The highest BCUT2D eigenvalue weighted by Gasteiger charge is 2.30. The maximum atomic E-state index is 13.0. The first kappa shape index (κ1) is 22.2. The lowest BCUT2D eigenvalue weighted by atomic mass is 10.2. The van der Waals surface area contributed by atoms with Gasteiger partial charge in [-0.05, 0) is 37.3 Å². The summed E-state index contributed by atoms with van der Waals surface area (Å²) < 4.78 is 65.5. The van der Waals surface area contributed by atoms with E-state index >= 15 is 0 Å². The van der Waals surface area contributed by atoms with Gasteiger partial charge in [0.2, 0.25) is 10.0 Å². The van der Waals surface area contributed by atoms with E-state index in [1.165, 1.54) is 60.8 Å². The number of hydrogen-bond donors (Lipinski definition) is 1. The Bertz CT molecular complexity index is 1140. The van der Waals surface area contributed by atoms with E-state index in [9.17, 15) is 21.6 Å². The SMILES string of the molecule is COc1ccc(NS(=O)(=O)c2ccc(C(C)=O)cc2)cc1S(=O)(=O)N1CCOCC1. The Kier molecular flexibility index (Phi) is 6.46. The normalized spacial score (nSPS) is 15.5. The largest absolute Gasteiger partial charge is 0.495 e. The number of sulfonamides is 2. The lowest BCUT2D eigenvalue weighted by Gasteiger charge is -2.26. The molecule has 0 bridgehead atoms. The standard InChI is InChI=1S/C19H22N2O7S2/c1-14(22)15-3-6-17(7-4-15)29(23,24)20-16-5-8-18(27-2)19(13-16)30(25,26)21-9-11-28-12-10-21/h3-8,13,20H,9-12H2,1-2H3. The van der Waals surface area contributed by atoms with Crippen molar-refractivity contribution in [3.05, 3.63) is 48.0 Å². The molecule has 162 valence electrons. The van der Waals surface area contributed by atoms with Crippen LogP contribution in [0, 0.1) is 0 Å². The molecule has 0 spiro atoms. The highest BCUT2D eigenvalue weighted by molar-refractivity contribution is 7.92. The van der Waals surface area contributed by atoms with Crippen LogP contribution in [0.3, 0.4) is 0 Å². The first-order chi connectivity index (χ1) is 14.1. The van der Waals surface area contributed by atoms with Gasteiger partial charge in [0.15, 0.2) is 5.78 Å². The van der Waals surface area contributed by atoms with Crippen LogP contribution in [0.5, 0.6) is 5.75 Å². The van der Waals surface area contributed by atoms with Crippen molar-refractivity contribution in [2.24, 2.45) is 0 Å². The van der Waals surface area contributed by atoms with Crippen LogP contribution in [-0.2, 0) is 24.8 Å². The first-order valence-corrected chi connectivity index (χ1v) is 12.0. The van der Waals surface area contributed by atoms with Gasteiger partial charge in [0, 0.05) is 18.7 Å². The Morgan fingerprint density at radius 1 is 1.03 bits per heavy atom. The molecule has 2 aromatic rings. The second-order valence-electron chi connectivity index (χ2n) is 6.57. The summed E-state index contributed by atoms with van der Waals surface area (Å²) in [6, 6.07) is 9.49. The fourth-order valence-electron chi connectivity index (χ4n) is 2.95. The third-order valence-electron chi connectivity index (χ3n) is 4.57. The van der Waals surface area contributed by atoms with Crippen LogP contribution in [0.15, 0.2) is 52.3 Å². The summed E-state index contributed by atoms with van der Waals surface area (Å²) in [6.07, 6.45) is 0. The zero-order chi connectivity index (χ0) is 21.9. The molecule has 2 aromatic carbocycles. The Balaban J connectivity index is 1.93. The van der Waals surface area contributed by atoms with E-state index in [-0.39, 0.29) is 53.3 Å². The second kappa shape index (κ2) is 8.72. The highest BCUT2D eigenvalue weighted by Crippen LogP contribution is 2.31. The van der Waals surface area contributed by atoms with Gasteiger partial charge in [-0.25, -0.2) is 16.8 Å². The molecular weight excluding hydrogens is 432 g/mol. The van der Waals surface area contributed by atoms with Crippen molar-refractivity contribution < 1.29 is 31.1 Å². The van der Waals surface area contributed by atoms with Crippen LogP contribution < -0.4 is 9.46 Å². The van der Waals surface area contributed by atoms with Gasteiger partial charge >= 0.3 is 0 Å². The Hall–Kier alpha value is -2.47. The predicted molar refractivity (Wildman–Crippen MR) is 110 cm³/mol. The maximum absolute atomic E-state index is 13.0. The van der Waals surface area contributed by atoms with Crippen molar-refractivity contribution in [1.82, 2.24) is 4.31 Å². The summed E-state index contributed by atoms with van der Waals surface area (Å²) in [4.78, 5) is 11.2. The zero-order valence-corrected chi connectivity index (χ0v) is 18.1. The van der Waals surface area contributed by atoms with E-state index in [1.54, 1.807) is 0 Å². The number of rotatable bonds is 7. The van der Waals surface area contributed by atoms with E-state index in [0.29, 0.717) is 5.56 Å². The number of benzene rings is 2. The van der Waals surface area contributed by atoms with Gasteiger partial charge in [-0.3, -0.25) is 9.52 Å². The fourth-order valence-corrected chi connectivity index (χ4v) is 5.59. The Labute approximate surface area is 175 Å². The van der Waals surface area contributed by atoms with Crippen LogP contribution in [0.2, 0.25) is 0 Å². The maximum Gasteiger partial charge on any atom is 0.261 e. The van der Waals surface area contributed by atoms with E-state index in [0.717, 1.165) is 0 Å². The summed E-state index contributed by atoms with van der Waals surface area (Å²) in [6.45, 7) is 2.34. The monoisotopic (exact) mass is 454 g/mol. The van der Waals surface area contributed by atoms with Crippen molar-refractivity contribution in [3.63, 3.8) is 0 Å². The van der Waals surface area contributed by atoms with E-state index in [1.807, 2.05) is 0 Å². The first-order valence-electron chi connectivity index (χ1n) is 9.05. The van der Waals surface area contributed by atoms with E-state index < -0.39 is 20.0 Å². The summed E-state index contributed by atoms with van der Waals surface area (Å²) in [5.41, 5.74) is 0.454. The predicted octanol–water partition coefficient (Wildman–Crippen LogP) is 1.72. The number of hydrogen-bond acceptors (Lipinski definition) is 7. The van der Waals surface area contributed by atoms with Gasteiger partial charge in [0.1, 0.15) is 10.6 Å². The number of ketones is 1. The van der Waals surface area contributed by atoms with Gasteiger partial charge < -0.3 is 9.47 Å². The molecule has 1 aliphatic rings. The molecule has 0 amide bonds.